The van der Waals surface area contributed by atoms with Crippen molar-refractivity contribution in [1.29, 1.82) is 0 Å². The molecule has 0 aliphatic carbocycles. The first kappa shape index (κ1) is 20.4. The molecule has 1 saturated heterocycles. The minimum absolute atomic E-state index is 0.00728. The predicted octanol–water partition coefficient (Wildman–Crippen LogP) is 3.20. The van der Waals surface area contributed by atoms with Crippen molar-refractivity contribution in [2.45, 2.75) is 45.1 Å². The lowest BCUT2D eigenvalue weighted by Crippen LogP contribution is -2.48. The third-order valence-corrected chi connectivity index (χ3v) is 4.02. The summed E-state index contributed by atoms with van der Waals surface area (Å²) in [6, 6.07) is 4.68. The Morgan fingerprint density at radius 3 is 2.46 bits per heavy atom. The van der Waals surface area contributed by atoms with Gasteiger partial charge in [-0.3, -0.25) is 4.79 Å². The van der Waals surface area contributed by atoms with Gasteiger partial charge in [-0.25, -0.2) is 0 Å². The second-order valence-corrected chi connectivity index (χ2v) is 6.45. The molecule has 8 heteroatoms. The lowest BCUT2D eigenvalue weighted by atomic mass is 10.1. The number of hydrogen-bond acceptors (Lipinski definition) is 4. The standard InChI is InChI=1S/C18H24F3NO4/c1-12-9-22(10-13(2)26-12)17(23)7-5-14-4-6-15(16(8-14)24-3)25-11-18(19,20)21/h4,6,8,12-13H,5,7,9-11H2,1-3H3. The summed E-state index contributed by atoms with van der Waals surface area (Å²) in [5.41, 5.74) is 0.795. The van der Waals surface area contributed by atoms with Crippen LogP contribution in [0.15, 0.2) is 18.2 Å². The lowest BCUT2D eigenvalue weighted by Gasteiger charge is -2.35. The molecule has 2 atom stereocenters. The Hall–Kier alpha value is -1.96. The fourth-order valence-corrected chi connectivity index (χ4v) is 2.94. The normalized spacial score (nSPS) is 20.8. The van der Waals surface area contributed by atoms with Gasteiger partial charge in [0.1, 0.15) is 0 Å². The molecule has 146 valence electrons. The van der Waals surface area contributed by atoms with Gasteiger partial charge in [-0.05, 0) is 38.0 Å². The molecular weight excluding hydrogens is 351 g/mol. The molecule has 0 spiro atoms. The Bertz CT molecular complexity index is 611. The van der Waals surface area contributed by atoms with E-state index in [0.29, 0.717) is 25.9 Å². The number of aryl methyl sites for hydroxylation is 1. The Balaban J connectivity index is 1.94. The number of amides is 1. The summed E-state index contributed by atoms with van der Waals surface area (Å²) in [7, 11) is 1.36. The average molecular weight is 375 g/mol. The molecular formula is C18H24F3NO4. The number of hydrogen-bond donors (Lipinski definition) is 0. The first-order valence-electron chi connectivity index (χ1n) is 8.47. The SMILES string of the molecule is COc1cc(CCC(=O)N2CC(C)OC(C)C2)ccc1OCC(F)(F)F. The van der Waals surface area contributed by atoms with Crippen LogP contribution in [-0.2, 0) is 16.0 Å². The van der Waals surface area contributed by atoms with Crippen LogP contribution in [0.5, 0.6) is 11.5 Å². The van der Waals surface area contributed by atoms with Crippen molar-refractivity contribution < 1.29 is 32.2 Å². The van der Waals surface area contributed by atoms with E-state index in [-0.39, 0.29) is 29.6 Å². The number of nitrogens with zero attached hydrogens (tertiary/aromatic N) is 1. The van der Waals surface area contributed by atoms with Crippen LogP contribution in [0.2, 0.25) is 0 Å². The number of halogens is 3. The highest BCUT2D eigenvalue weighted by molar-refractivity contribution is 5.76. The third kappa shape index (κ3) is 6.09. The van der Waals surface area contributed by atoms with Gasteiger partial charge in [-0.1, -0.05) is 6.07 Å². The smallest absolute Gasteiger partial charge is 0.422 e. The summed E-state index contributed by atoms with van der Waals surface area (Å²) in [5.74, 6) is 0.270. The summed E-state index contributed by atoms with van der Waals surface area (Å²) in [6.07, 6.45) is -3.62. The molecule has 0 saturated carbocycles. The van der Waals surface area contributed by atoms with E-state index >= 15 is 0 Å². The largest absolute Gasteiger partial charge is 0.493 e. The van der Waals surface area contributed by atoms with Crippen LogP contribution in [0, 0.1) is 0 Å². The van der Waals surface area contributed by atoms with E-state index in [1.807, 2.05) is 13.8 Å². The summed E-state index contributed by atoms with van der Waals surface area (Å²) in [4.78, 5) is 14.2. The zero-order chi connectivity index (χ0) is 19.3. The highest BCUT2D eigenvalue weighted by Crippen LogP contribution is 2.30. The van der Waals surface area contributed by atoms with Crippen molar-refractivity contribution in [1.82, 2.24) is 4.90 Å². The molecule has 1 aromatic rings. The molecule has 1 aliphatic heterocycles. The molecule has 2 unspecified atom stereocenters. The molecule has 5 nitrogen and oxygen atoms in total. The van der Waals surface area contributed by atoms with Crippen LogP contribution < -0.4 is 9.47 Å². The van der Waals surface area contributed by atoms with Gasteiger partial charge in [-0.15, -0.1) is 0 Å². The third-order valence-electron chi connectivity index (χ3n) is 4.02. The van der Waals surface area contributed by atoms with Gasteiger partial charge in [0.2, 0.25) is 5.91 Å². The summed E-state index contributed by atoms with van der Waals surface area (Å²) < 4.78 is 52.3. The molecule has 1 aromatic carbocycles. The number of benzene rings is 1. The van der Waals surface area contributed by atoms with Crippen molar-refractivity contribution in [2.24, 2.45) is 0 Å². The lowest BCUT2D eigenvalue weighted by molar-refractivity contribution is -0.153. The van der Waals surface area contributed by atoms with Gasteiger partial charge in [0.15, 0.2) is 18.1 Å². The van der Waals surface area contributed by atoms with Crippen LogP contribution in [0.3, 0.4) is 0 Å². The number of alkyl halides is 3. The quantitative estimate of drug-likeness (QED) is 0.766. The first-order valence-corrected chi connectivity index (χ1v) is 8.47. The van der Waals surface area contributed by atoms with Crippen molar-refractivity contribution >= 4 is 5.91 Å². The molecule has 0 N–H and O–H groups in total. The highest BCUT2D eigenvalue weighted by Gasteiger charge is 2.29. The van der Waals surface area contributed by atoms with Crippen molar-refractivity contribution in [2.75, 3.05) is 26.8 Å². The van der Waals surface area contributed by atoms with Crippen LogP contribution in [0.4, 0.5) is 13.2 Å². The number of morpholine rings is 1. The van der Waals surface area contributed by atoms with Crippen LogP contribution in [0.25, 0.3) is 0 Å². The second kappa shape index (κ2) is 8.62. The Kier molecular flexibility index (Phi) is 6.75. The maximum absolute atomic E-state index is 12.4. The molecule has 0 bridgehead atoms. The van der Waals surface area contributed by atoms with Gasteiger partial charge >= 0.3 is 6.18 Å². The number of carbonyl (C=O) groups excluding carboxylic acids is 1. The monoisotopic (exact) mass is 375 g/mol. The predicted molar refractivity (Wildman–Crippen MR) is 89.5 cm³/mol. The van der Waals surface area contributed by atoms with Gasteiger partial charge in [0.25, 0.3) is 0 Å². The minimum Gasteiger partial charge on any atom is -0.493 e. The Morgan fingerprint density at radius 1 is 1.23 bits per heavy atom. The molecule has 26 heavy (non-hydrogen) atoms. The number of carbonyl (C=O) groups is 1. The van der Waals surface area contributed by atoms with Crippen molar-refractivity contribution in [3.05, 3.63) is 23.8 Å². The van der Waals surface area contributed by atoms with Crippen LogP contribution in [-0.4, -0.2) is 56.0 Å². The van der Waals surface area contributed by atoms with Gasteiger partial charge in [0.05, 0.1) is 19.3 Å². The molecule has 1 fully saturated rings. The zero-order valence-electron chi connectivity index (χ0n) is 15.1. The topological polar surface area (TPSA) is 48.0 Å². The minimum atomic E-state index is -4.41. The van der Waals surface area contributed by atoms with E-state index in [0.717, 1.165) is 5.56 Å². The number of ether oxygens (including phenoxy) is 3. The van der Waals surface area contributed by atoms with Gasteiger partial charge in [-0.2, -0.15) is 13.2 Å². The molecule has 1 aliphatic rings. The maximum atomic E-state index is 12.4. The van der Waals surface area contributed by atoms with Gasteiger partial charge in [0, 0.05) is 19.5 Å². The summed E-state index contributed by atoms with van der Waals surface area (Å²) in [6.45, 7) is 3.61. The molecule has 0 aromatic heterocycles. The van der Waals surface area contributed by atoms with E-state index in [4.69, 9.17) is 14.2 Å². The van der Waals surface area contributed by atoms with E-state index in [1.165, 1.54) is 13.2 Å². The maximum Gasteiger partial charge on any atom is 0.422 e. The zero-order valence-corrected chi connectivity index (χ0v) is 15.1. The Morgan fingerprint density at radius 2 is 1.88 bits per heavy atom. The number of rotatable bonds is 6. The van der Waals surface area contributed by atoms with E-state index < -0.39 is 12.8 Å². The van der Waals surface area contributed by atoms with E-state index in [9.17, 15) is 18.0 Å². The fraction of sp³-hybridized carbons (Fsp3) is 0.611. The summed E-state index contributed by atoms with van der Waals surface area (Å²) in [5, 5.41) is 0. The van der Waals surface area contributed by atoms with Gasteiger partial charge < -0.3 is 19.1 Å². The fourth-order valence-electron chi connectivity index (χ4n) is 2.94. The summed E-state index contributed by atoms with van der Waals surface area (Å²) >= 11 is 0. The molecule has 0 radical (unpaired) electrons. The highest BCUT2D eigenvalue weighted by atomic mass is 19.4. The van der Waals surface area contributed by atoms with Crippen LogP contribution >= 0.6 is 0 Å². The Labute approximate surface area is 151 Å². The first-order chi connectivity index (χ1) is 12.2. The van der Waals surface area contributed by atoms with Crippen LogP contribution in [0.1, 0.15) is 25.8 Å². The van der Waals surface area contributed by atoms with E-state index in [2.05, 4.69) is 0 Å². The number of methoxy groups -OCH3 is 1. The molecule has 2 rings (SSSR count). The molecule has 1 amide bonds. The van der Waals surface area contributed by atoms with E-state index in [1.54, 1.807) is 17.0 Å². The second-order valence-electron chi connectivity index (χ2n) is 6.45. The van der Waals surface area contributed by atoms with Crippen molar-refractivity contribution in [3.63, 3.8) is 0 Å². The molecule has 1 heterocycles. The van der Waals surface area contributed by atoms with Crippen molar-refractivity contribution in [3.8, 4) is 11.5 Å². The average Bonchev–Trinajstić information content (AvgIpc) is 2.56.